The van der Waals surface area contributed by atoms with E-state index >= 15 is 0 Å². The van der Waals surface area contributed by atoms with E-state index in [2.05, 4.69) is 4.98 Å². The Bertz CT molecular complexity index is 665. The van der Waals surface area contributed by atoms with Crippen LogP contribution in [-0.4, -0.2) is 15.7 Å². The van der Waals surface area contributed by atoms with Gasteiger partial charge in [0.05, 0.1) is 17.2 Å². The van der Waals surface area contributed by atoms with Gasteiger partial charge in [0.15, 0.2) is 5.78 Å². The van der Waals surface area contributed by atoms with Gasteiger partial charge in [-0.3, -0.25) is 14.9 Å². The summed E-state index contributed by atoms with van der Waals surface area (Å²) >= 11 is 0. The molecule has 0 bridgehead atoms. The Morgan fingerprint density at radius 3 is 2.60 bits per heavy atom. The molecule has 0 saturated carbocycles. The van der Waals surface area contributed by atoms with E-state index in [1.165, 1.54) is 25.3 Å². The van der Waals surface area contributed by atoms with Gasteiger partial charge in [-0.05, 0) is 30.7 Å². The molecule has 0 saturated heterocycles. The molecule has 0 fully saturated rings. The number of nitrogens with zero attached hydrogens (tertiary/aromatic N) is 2. The average Bonchev–Trinajstić information content (AvgIpc) is 2.41. The standard InChI is InChI=1S/C14H12N2O4/c1-9-3-4-11(16(18)19)7-14(9)20-12-5-6-13(10(2)17)15-8-12/h3-8H,1-2H3. The SMILES string of the molecule is CC(=O)c1ccc(Oc2cc([N+](=O)[O-])ccc2C)cn1. The van der Waals surface area contributed by atoms with Crippen LogP contribution in [0.4, 0.5) is 5.69 Å². The molecule has 2 rings (SSSR count). The van der Waals surface area contributed by atoms with Crippen molar-refractivity contribution in [3.05, 3.63) is 57.9 Å². The molecule has 6 heteroatoms. The summed E-state index contributed by atoms with van der Waals surface area (Å²) in [6.45, 7) is 3.21. The van der Waals surface area contributed by atoms with Crippen molar-refractivity contribution in [1.82, 2.24) is 4.98 Å². The normalized spacial score (nSPS) is 10.1. The van der Waals surface area contributed by atoms with Crippen molar-refractivity contribution in [2.24, 2.45) is 0 Å². The molecular weight excluding hydrogens is 260 g/mol. The second-order valence-electron chi connectivity index (χ2n) is 4.24. The van der Waals surface area contributed by atoms with Crippen LogP contribution in [0.15, 0.2) is 36.5 Å². The van der Waals surface area contributed by atoms with Gasteiger partial charge in [-0.2, -0.15) is 0 Å². The fourth-order valence-corrected chi connectivity index (χ4v) is 1.59. The van der Waals surface area contributed by atoms with Crippen LogP contribution in [-0.2, 0) is 0 Å². The van der Waals surface area contributed by atoms with E-state index in [0.29, 0.717) is 17.2 Å². The predicted molar refractivity (Wildman–Crippen MR) is 72.1 cm³/mol. The average molecular weight is 272 g/mol. The number of hydrogen-bond donors (Lipinski definition) is 0. The molecular formula is C14H12N2O4. The number of nitro groups is 1. The van der Waals surface area contributed by atoms with Crippen molar-refractivity contribution in [3.8, 4) is 11.5 Å². The van der Waals surface area contributed by atoms with E-state index in [1.807, 2.05) is 0 Å². The number of rotatable bonds is 4. The third-order valence-electron chi connectivity index (χ3n) is 2.71. The summed E-state index contributed by atoms with van der Waals surface area (Å²) in [5.74, 6) is 0.665. The maximum Gasteiger partial charge on any atom is 0.273 e. The molecule has 0 aliphatic carbocycles. The number of carbonyl (C=O) groups is 1. The summed E-state index contributed by atoms with van der Waals surface area (Å²) in [5.41, 5.74) is 1.07. The van der Waals surface area contributed by atoms with Gasteiger partial charge in [0, 0.05) is 13.0 Å². The molecule has 6 nitrogen and oxygen atoms in total. The monoisotopic (exact) mass is 272 g/mol. The Morgan fingerprint density at radius 1 is 1.30 bits per heavy atom. The number of ketones is 1. The largest absolute Gasteiger partial charge is 0.455 e. The lowest BCUT2D eigenvalue weighted by molar-refractivity contribution is -0.384. The summed E-state index contributed by atoms with van der Waals surface area (Å²) in [4.78, 5) is 25.3. The first-order valence-electron chi connectivity index (χ1n) is 5.87. The Hall–Kier alpha value is -2.76. The summed E-state index contributed by atoms with van der Waals surface area (Å²) in [7, 11) is 0. The fourth-order valence-electron chi connectivity index (χ4n) is 1.59. The Kier molecular flexibility index (Phi) is 3.74. The van der Waals surface area contributed by atoms with Crippen molar-refractivity contribution in [2.45, 2.75) is 13.8 Å². The van der Waals surface area contributed by atoms with Crippen LogP contribution in [0.2, 0.25) is 0 Å². The highest BCUT2D eigenvalue weighted by Gasteiger charge is 2.10. The number of aromatic nitrogens is 1. The predicted octanol–water partition coefficient (Wildman–Crippen LogP) is 3.29. The molecule has 102 valence electrons. The number of hydrogen-bond acceptors (Lipinski definition) is 5. The number of Topliss-reactive ketones (excluding diaryl/α,β-unsaturated/α-hetero) is 1. The van der Waals surface area contributed by atoms with Gasteiger partial charge < -0.3 is 4.74 Å². The number of ether oxygens (including phenoxy) is 1. The lowest BCUT2D eigenvalue weighted by atomic mass is 10.2. The minimum Gasteiger partial charge on any atom is -0.455 e. The lowest BCUT2D eigenvalue weighted by Gasteiger charge is -2.08. The molecule has 2 aromatic rings. The van der Waals surface area contributed by atoms with Crippen LogP contribution in [0.1, 0.15) is 23.0 Å². The maximum atomic E-state index is 11.1. The number of aryl methyl sites for hydroxylation is 1. The Balaban J connectivity index is 2.27. The number of nitro benzene ring substituents is 1. The van der Waals surface area contributed by atoms with Crippen LogP contribution in [0.5, 0.6) is 11.5 Å². The first-order chi connectivity index (χ1) is 9.47. The van der Waals surface area contributed by atoms with Crippen LogP contribution < -0.4 is 4.74 Å². The van der Waals surface area contributed by atoms with Gasteiger partial charge in [-0.15, -0.1) is 0 Å². The molecule has 0 unspecified atom stereocenters. The molecule has 0 aliphatic rings. The molecule has 0 aliphatic heterocycles. The van der Waals surface area contributed by atoms with Crippen molar-refractivity contribution in [3.63, 3.8) is 0 Å². The van der Waals surface area contributed by atoms with E-state index in [0.717, 1.165) is 5.56 Å². The summed E-state index contributed by atoms with van der Waals surface area (Å²) < 4.78 is 5.56. The van der Waals surface area contributed by atoms with Gasteiger partial charge in [-0.1, -0.05) is 0 Å². The zero-order chi connectivity index (χ0) is 14.7. The van der Waals surface area contributed by atoms with E-state index < -0.39 is 4.92 Å². The highest BCUT2D eigenvalue weighted by atomic mass is 16.6. The zero-order valence-corrected chi connectivity index (χ0v) is 11.0. The smallest absolute Gasteiger partial charge is 0.273 e. The molecule has 0 N–H and O–H groups in total. The first kappa shape index (κ1) is 13.7. The highest BCUT2D eigenvalue weighted by molar-refractivity contribution is 5.92. The topological polar surface area (TPSA) is 82.3 Å². The minimum atomic E-state index is -0.483. The maximum absolute atomic E-state index is 11.1. The minimum absolute atomic E-state index is 0.0427. The van der Waals surface area contributed by atoms with Crippen molar-refractivity contribution < 1.29 is 14.5 Å². The molecule has 0 amide bonds. The number of carbonyl (C=O) groups excluding carboxylic acids is 1. The number of benzene rings is 1. The van der Waals surface area contributed by atoms with Gasteiger partial charge in [0.25, 0.3) is 5.69 Å². The fraction of sp³-hybridized carbons (Fsp3) is 0.143. The van der Waals surface area contributed by atoms with Crippen LogP contribution in [0.25, 0.3) is 0 Å². The molecule has 1 aromatic heterocycles. The second kappa shape index (κ2) is 5.48. The van der Waals surface area contributed by atoms with Crippen LogP contribution in [0, 0.1) is 17.0 Å². The molecule has 1 aromatic carbocycles. The number of non-ortho nitro benzene ring substituents is 1. The molecule has 1 heterocycles. The van der Waals surface area contributed by atoms with Crippen molar-refractivity contribution >= 4 is 11.5 Å². The van der Waals surface area contributed by atoms with Crippen molar-refractivity contribution in [2.75, 3.05) is 0 Å². The molecule has 20 heavy (non-hydrogen) atoms. The number of pyridine rings is 1. The second-order valence-corrected chi connectivity index (χ2v) is 4.24. The molecule has 0 spiro atoms. The summed E-state index contributed by atoms with van der Waals surface area (Å²) in [5, 5.41) is 10.7. The first-order valence-corrected chi connectivity index (χ1v) is 5.87. The van der Waals surface area contributed by atoms with Crippen LogP contribution in [0.3, 0.4) is 0 Å². The zero-order valence-electron chi connectivity index (χ0n) is 11.0. The van der Waals surface area contributed by atoms with E-state index in [9.17, 15) is 14.9 Å². The van der Waals surface area contributed by atoms with Crippen molar-refractivity contribution in [1.29, 1.82) is 0 Å². The lowest BCUT2D eigenvalue weighted by Crippen LogP contribution is -1.97. The van der Waals surface area contributed by atoms with Crippen LogP contribution >= 0.6 is 0 Å². The highest BCUT2D eigenvalue weighted by Crippen LogP contribution is 2.28. The summed E-state index contributed by atoms with van der Waals surface area (Å²) in [6.07, 6.45) is 1.41. The van der Waals surface area contributed by atoms with Gasteiger partial charge in [0.1, 0.15) is 17.2 Å². The van der Waals surface area contributed by atoms with E-state index in [1.54, 1.807) is 25.1 Å². The molecule has 0 atom stereocenters. The van der Waals surface area contributed by atoms with Gasteiger partial charge in [0.2, 0.25) is 0 Å². The third-order valence-corrected chi connectivity index (χ3v) is 2.71. The third kappa shape index (κ3) is 2.97. The van der Waals surface area contributed by atoms with E-state index in [-0.39, 0.29) is 11.5 Å². The Labute approximate surface area is 115 Å². The van der Waals surface area contributed by atoms with Gasteiger partial charge in [-0.25, -0.2) is 4.98 Å². The van der Waals surface area contributed by atoms with E-state index in [4.69, 9.17) is 4.74 Å². The quantitative estimate of drug-likeness (QED) is 0.484. The molecule has 0 radical (unpaired) electrons. The van der Waals surface area contributed by atoms with Gasteiger partial charge >= 0.3 is 0 Å². The summed E-state index contributed by atoms with van der Waals surface area (Å²) in [6, 6.07) is 7.53. The Morgan fingerprint density at radius 2 is 2.05 bits per heavy atom.